The van der Waals surface area contributed by atoms with Crippen LogP contribution in [0.2, 0.25) is 5.02 Å². The number of nitrogens with one attached hydrogen (secondary N) is 2. The second-order valence-corrected chi connectivity index (χ2v) is 5.40. The summed E-state index contributed by atoms with van der Waals surface area (Å²) in [6.07, 6.45) is 4.33. The summed E-state index contributed by atoms with van der Waals surface area (Å²) in [6.45, 7) is 0.987. The summed E-state index contributed by atoms with van der Waals surface area (Å²) in [7, 11) is 1.99. The first-order chi connectivity index (χ1) is 8.73. The number of hydrogen-bond donors (Lipinski definition) is 2. The van der Waals surface area contributed by atoms with E-state index in [1.807, 2.05) is 37.5 Å². The van der Waals surface area contributed by atoms with Crippen LogP contribution in [0.1, 0.15) is 18.7 Å². The van der Waals surface area contributed by atoms with Gasteiger partial charge in [-0.25, -0.2) is 4.98 Å². The number of aromatic amines is 1. The van der Waals surface area contributed by atoms with Gasteiger partial charge < -0.3 is 10.3 Å². The molecule has 1 saturated carbocycles. The van der Waals surface area contributed by atoms with E-state index in [4.69, 9.17) is 11.6 Å². The van der Waals surface area contributed by atoms with E-state index in [1.165, 1.54) is 12.8 Å². The van der Waals surface area contributed by atoms with Gasteiger partial charge in [-0.3, -0.25) is 0 Å². The van der Waals surface area contributed by atoms with Crippen molar-refractivity contribution in [2.75, 3.05) is 13.6 Å². The summed E-state index contributed by atoms with van der Waals surface area (Å²) in [4.78, 5) is 7.98. The Morgan fingerprint density at radius 2 is 2.06 bits per heavy atom. The maximum atomic E-state index is 5.89. The van der Waals surface area contributed by atoms with Crippen molar-refractivity contribution >= 4 is 11.6 Å². The highest BCUT2D eigenvalue weighted by atomic mass is 35.5. The minimum Gasteiger partial charge on any atom is -0.342 e. The summed E-state index contributed by atoms with van der Waals surface area (Å²) < 4.78 is 0. The van der Waals surface area contributed by atoms with Crippen molar-refractivity contribution in [3.8, 4) is 11.3 Å². The Morgan fingerprint density at radius 3 is 2.67 bits per heavy atom. The van der Waals surface area contributed by atoms with Gasteiger partial charge >= 0.3 is 0 Å². The van der Waals surface area contributed by atoms with E-state index in [0.717, 1.165) is 28.6 Å². The SMILES string of the molecule is CNCC1(c2ncc(-c3ccc(Cl)cc3)[nH]2)CC1. The third-order valence-electron chi connectivity index (χ3n) is 3.60. The van der Waals surface area contributed by atoms with Crippen LogP contribution < -0.4 is 5.32 Å². The number of likely N-dealkylation sites (N-methyl/N-ethyl adjacent to an activating group) is 1. The van der Waals surface area contributed by atoms with Crippen LogP contribution in [-0.2, 0) is 5.41 Å². The van der Waals surface area contributed by atoms with Gasteiger partial charge in [-0.05, 0) is 37.6 Å². The highest BCUT2D eigenvalue weighted by Gasteiger charge is 2.46. The third-order valence-corrected chi connectivity index (χ3v) is 3.85. The van der Waals surface area contributed by atoms with Crippen LogP contribution in [0.15, 0.2) is 30.5 Å². The monoisotopic (exact) mass is 261 g/mol. The fourth-order valence-corrected chi connectivity index (χ4v) is 2.48. The van der Waals surface area contributed by atoms with E-state index < -0.39 is 0 Å². The Labute approximate surface area is 112 Å². The van der Waals surface area contributed by atoms with Gasteiger partial charge in [0, 0.05) is 17.0 Å². The second-order valence-electron chi connectivity index (χ2n) is 4.96. The average molecular weight is 262 g/mol. The molecule has 0 saturated heterocycles. The van der Waals surface area contributed by atoms with Crippen molar-refractivity contribution in [1.29, 1.82) is 0 Å². The number of imidazole rings is 1. The number of halogens is 1. The minimum absolute atomic E-state index is 0.236. The summed E-state index contributed by atoms with van der Waals surface area (Å²) >= 11 is 5.89. The quantitative estimate of drug-likeness (QED) is 0.888. The highest BCUT2D eigenvalue weighted by molar-refractivity contribution is 6.30. The Hall–Kier alpha value is -1.32. The molecule has 0 amide bonds. The molecule has 0 bridgehead atoms. The van der Waals surface area contributed by atoms with Gasteiger partial charge in [-0.2, -0.15) is 0 Å². The van der Waals surface area contributed by atoms with Gasteiger partial charge in [0.1, 0.15) is 5.82 Å². The minimum atomic E-state index is 0.236. The van der Waals surface area contributed by atoms with Gasteiger partial charge in [0.15, 0.2) is 0 Å². The van der Waals surface area contributed by atoms with E-state index in [1.54, 1.807) is 0 Å². The average Bonchev–Trinajstić information content (AvgIpc) is 2.99. The maximum absolute atomic E-state index is 5.89. The molecule has 18 heavy (non-hydrogen) atoms. The van der Waals surface area contributed by atoms with Crippen LogP contribution in [0.25, 0.3) is 11.3 Å². The molecular formula is C14H16ClN3. The lowest BCUT2D eigenvalue weighted by atomic mass is 10.1. The summed E-state index contributed by atoms with van der Waals surface area (Å²) in [5, 5.41) is 4.00. The normalized spacial score (nSPS) is 16.8. The van der Waals surface area contributed by atoms with E-state index in [-0.39, 0.29) is 5.41 Å². The molecule has 0 atom stereocenters. The topological polar surface area (TPSA) is 40.7 Å². The van der Waals surface area contributed by atoms with Crippen molar-refractivity contribution in [2.24, 2.45) is 0 Å². The number of nitrogens with zero attached hydrogens (tertiary/aromatic N) is 1. The molecule has 0 radical (unpaired) electrons. The lowest BCUT2D eigenvalue weighted by molar-refractivity contribution is 0.594. The molecule has 0 unspecified atom stereocenters. The molecule has 0 spiro atoms. The molecule has 1 aliphatic rings. The summed E-state index contributed by atoms with van der Waals surface area (Å²) in [5.41, 5.74) is 2.42. The molecule has 1 fully saturated rings. The Kier molecular flexibility index (Phi) is 2.88. The molecule has 1 aliphatic carbocycles. The van der Waals surface area contributed by atoms with Gasteiger partial charge in [-0.15, -0.1) is 0 Å². The number of H-pyrrole nitrogens is 1. The van der Waals surface area contributed by atoms with Crippen molar-refractivity contribution in [2.45, 2.75) is 18.3 Å². The van der Waals surface area contributed by atoms with Crippen LogP contribution in [0.5, 0.6) is 0 Å². The Balaban J connectivity index is 1.88. The first-order valence-corrected chi connectivity index (χ1v) is 6.57. The number of benzene rings is 1. The summed E-state index contributed by atoms with van der Waals surface area (Å²) in [6, 6.07) is 7.82. The molecule has 2 N–H and O–H groups in total. The molecule has 1 heterocycles. The van der Waals surface area contributed by atoms with Crippen molar-refractivity contribution < 1.29 is 0 Å². The van der Waals surface area contributed by atoms with Crippen molar-refractivity contribution in [3.05, 3.63) is 41.3 Å². The fourth-order valence-electron chi connectivity index (χ4n) is 2.35. The van der Waals surface area contributed by atoms with Crippen LogP contribution in [0, 0.1) is 0 Å². The van der Waals surface area contributed by atoms with E-state index in [9.17, 15) is 0 Å². The largest absolute Gasteiger partial charge is 0.342 e. The van der Waals surface area contributed by atoms with E-state index in [0.29, 0.717) is 0 Å². The predicted octanol–water partition coefficient (Wildman–Crippen LogP) is 2.98. The zero-order chi connectivity index (χ0) is 12.6. The second kappa shape index (κ2) is 4.41. The van der Waals surface area contributed by atoms with Crippen LogP contribution >= 0.6 is 11.6 Å². The van der Waals surface area contributed by atoms with Gasteiger partial charge in [-0.1, -0.05) is 23.7 Å². The van der Waals surface area contributed by atoms with E-state index >= 15 is 0 Å². The van der Waals surface area contributed by atoms with Crippen LogP contribution in [0.4, 0.5) is 0 Å². The zero-order valence-electron chi connectivity index (χ0n) is 10.3. The molecule has 2 aromatic rings. The lowest BCUT2D eigenvalue weighted by Crippen LogP contribution is -2.24. The first kappa shape index (κ1) is 11.8. The zero-order valence-corrected chi connectivity index (χ0v) is 11.1. The molecular weight excluding hydrogens is 246 g/mol. The van der Waals surface area contributed by atoms with Gasteiger partial charge in [0.2, 0.25) is 0 Å². The number of rotatable bonds is 4. The third kappa shape index (κ3) is 2.04. The molecule has 0 aliphatic heterocycles. The molecule has 4 heteroatoms. The predicted molar refractivity (Wildman–Crippen MR) is 73.9 cm³/mol. The molecule has 94 valence electrons. The van der Waals surface area contributed by atoms with Crippen LogP contribution in [0.3, 0.4) is 0 Å². The first-order valence-electron chi connectivity index (χ1n) is 6.20. The number of hydrogen-bond acceptors (Lipinski definition) is 2. The van der Waals surface area contributed by atoms with Gasteiger partial charge in [0.05, 0.1) is 11.9 Å². The van der Waals surface area contributed by atoms with E-state index in [2.05, 4.69) is 15.3 Å². The Bertz CT molecular complexity index is 540. The fraction of sp³-hybridized carbons (Fsp3) is 0.357. The smallest absolute Gasteiger partial charge is 0.114 e. The van der Waals surface area contributed by atoms with Crippen LogP contribution in [-0.4, -0.2) is 23.6 Å². The van der Waals surface area contributed by atoms with Gasteiger partial charge in [0.25, 0.3) is 0 Å². The Morgan fingerprint density at radius 1 is 1.33 bits per heavy atom. The molecule has 1 aromatic heterocycles. The summed E-state index contributed by atoms with van der Waals surface area (Å²) in [5.74, 6) is 1.10. The van der Waals surface area contributed by atoms with Crippen molar-refractivity contribution in [3.63, 3.8) is 0 Å². The highest BCUT2D eigenvalue weighted by Crippen LogP contribution is 2.46. The lowest BCUT2D eigenvalue weighted by Gasteiger charge is -2.10. The van der Waals surface area contributed by atoms with Crippen molar-refractivity contribution in [1.82, 2.24) is 15.3 Å². The molecule has 1 aromatic carbocycles. The number of aromatic nitrogens is 2. The molecule has 3 rings (SSSR count). The maximum Gasteiger partial charge on any atom is 0.114 e. The standard InChI is InChI=1S/C14H16ClN3/c1-16-9-14(6-7-14)13-17-8-12(18-13)10-2-4-11(15)5-3-10/h2-5,8,16H,6-7,9H2,1H3,(H,17,18). The molecule has 3 nitrogen and oxygen atoms in total.